The second kappa shape index (κ2) is 10.7. The van der Waals surface area contributed by atoms with Crippen LogP contribution in [0.3, 0.4) is 0 Å². The van der Waals surface area contributed by atoms with Crippen LogP contribution in [0, 0.1) is 12.8 Å². The van der Waals surface area contributed by atoms with E-state index in [0.717, 1.165) is 29.0 Å². The Morgan fingerprint density at radius 1 is 0.947 bits per heavy atom. The first-order chi connectivity index (χ1) is 18.5. The van der Waals surface area contributed by atoms with Crippen molar-refractivity contribution in [2.24, 2.45) is 10.9 Å². The second-order valence-electron chi connectivity index (χ2n) is 10.0. The van der Waals surface area contributed by atoms with E-state index < -0.39 is 0 Å². The molecule has 0 aromatic heterocycles. The largest absolute Gasteiger partial charge is 0.488 e. The summed E-state index contributed by atoms with van der Waals surface area (Å²) in [6.07, 6.45) is 7.61. The van der Waals surface area contributed by atoms with Crippen molar-refractivity contribution in [3.05, 3.63) is 135 Å². The molecule has 38 heavy (non-hydrogen) atoms. The molecule has 4 aromatic rings. The number of ether oxygens (including phenoxy) is 1. The highest BCUT2D eigenvalue weighted by atomic mass is 35.5. The molecule has 1 N–H and O–H groups in total. The average Bonchev–Trinajstić information content (AvgIpc) is 3.42. The number of halogens is 2. The first kappa shape index (κ1) is 24.8. The maximum atomic E-state index is 6.29. The summed E-state index contributed by atoms with van der Waals surface area (Å²) in [7, 11) is 0. The van der Waals surface area contributed by atoms with E-state index in [1.165, 1.54) is 22.4 Å². The van der Waals surface area contributed by atoms with Gasteiger partial charge in [-0.05, 0) is 84.5 Å². The van der Waals surface area contributed by atoms with Gasteiger partial charge in [-0.1, -0.05) is 77.3 Å². The third-order valence-corrected chi connectivity index (χ3v) is 7.85. The zero-order valence-electron chi connectivity index (χ0n) is 21.1. The van der Waals surface area contributed by atoms with Crippen LogP contribution < -0.4 is 10.1 Å². The number of allylic oxidation sites excluding steroid dienone is 2. The van der Waals surface area contributed by atoms with Crippen molar-refractivity contribution in [2.45, 2.75) is 31.9 Å². The van der Waals surface area contributed by atoms with Crippen molar-refractivity contribution in [1.82, 2.24) is 0 Å². The van der Waals surface area contributed by atoms with Gasteiger partial charge in [-0.2, -0.15) is 0 Å². The number of aliphatic imine (C=N–C) groups is 1. The van der Waals surface area contributed by atoms with E-state index in [0.29, 0.717) is 28.5 Å². The fourth-order valence-corrected chi connectivity index (χ4v) is 5.89. The topological polar surface area (TPSA) is 33.6 Å². The van der Waals surface area contributed by atoms with Crippen LogP contribution in [0.15, 0.2) is 102 Å². The second-order valence-corrected chi connectivity index (χ2v) is 10.9. The molecule has 2 aliphatic rings. The SMILES string of the molecule is Cc1ccc2c(c1)[C@@H]1C=CC[C@@H]1[C@H](c1ccc(N=Cc3cc(Cl)ccc3OCc3cccc(Cl)c3)cc1)N2. The van der Waals surface area contributed by atoms with Gasteiger partial charge in [0.1, 0.15) is 12.4 Å². The Bertz CT molecular complexity index is 1530. The molecule has 0 fully saturated rings. The fraction of sp³-hybridized carbons (Fsp3) is 0.182. The molecule has 0 saturated heterocycles. The molecule has 1 heterocycles. The minimum Gasteiger partial charge on any atom is -0.488 e. The van der Waals surface area contributed by atoms with Crippen LogP contribution >= 0.6 is 23.2 Å². The predicted octanol–water partition coefficient (Wildman–Crippen LogP) is 9.46. The zero-order chi connectivity index (χ0) is 26.1. The lowest BCUT2D eigenvalue weighted by Gasteiger charge is -2.37. The van der Waals surface area contributed by atoms with Crippen molar-refractivity contribution < 1.29 is 4.74 Å². The highest BCUT2D eigenvalue weighted by Crippen LogP contribution is 2.50. The Kier molecular flexibility index (Phi) is 6.97. The summed E-state index contributed by atoms with van der Waals surface area (Å²) >= 11 is 12.4. The molecule has 0 radical (unpaired) electrons. The number of anilines is 1. The molecule has 5 heteroatoms. The normalized spacial score (nSPS) is 19.7. The van der Waals surface area contributed by atoms with Crippen LogP contribution in [0.1, 0.15) is 46.2 Å². The van der Waals surface area contributed by atoms with Crippen LogP contribution in [-0.2, 0) is 6.61 Å². The molecule has 4 aromatic carbocycles. The predicted molar refractivity (Wildman–Crippen MR) is 158 cm³/mol. The van der Waals surface area contributed by atoms with Gasteiger partial charge in [-0.25, -0.2) is 0 Å². The summed E-state index contributed by atoms with van der Waals surface area (Å²) in [5, 5.41) is 5.14. The molecule has 0 spiro atoms. The lowest BCUT2D eigenvalue weighted by molar-refractivity contribution is 0.306. The Balaban J connectivity index is 1.19. The van der Waals surface area contributed by atoms with E-state index in [-0.39, 0.29) is 6.04 Å². The molecule has 0 saturated carbocycles. The number of hydrogen-bond donors (Lipinski definition) is 1. The van der Waals surface area contributed by atoms with Crippen LogP contribution in [0.25, 0.3) is 0 Å². The Morgan fingerprint density at radius 2 is 1.79 bits per heavy atom. The van der Waals surface area contributed by atoms with Gasteiger partial charge in [-0.3, -0.25) is 4.99 Å². The Morgan fingerprint density at radius 3 is 2.63 bits per heavy atom. The van der Waals surface area contributed by atoms with Crippen LogP contribution in [-0.4, -0.2) is 6.21 Å². The van der Waals surface area contributed by atoms with E-state index in [9.17, 15) is 0 Å². The number of nitrogens with one attached hydrogen (secondary N) is 1. The molecular formula is C33H28Cl2N2O. The van der Waals surface area contributed by atoms with Crippen molar-refractivity contribution in [1.29, 1.82) is 0 Å². The standard InChI is InChI=1S/C33H28Cl2N2O/c1-21-8-14-31-30(16-21)28-6-3-7-29(28)33(37-31)23-9-12-27(13-10-23)36-19-24-18-26(35)11-15-32(24)38-20-22-4-2-5-25(34)17-22/h2-6,8-19,28-29,33,37H,7,20H2,1H3/t28-,29+,33+/m1/s1. The third-order valence-electron chi connectivity index (χ3n) is 7.38. The maximum absolute atomic E-state index is 6.29. The number of fused-ring (bicyclic) bond motifs is 3. The van der Waals surface area contributed by atoms with Crippen molar-refractivity contribution in [3.63, 3.8) is 0 Å². The number of benzene rings is 4. The lowest BCUT2D eigenvalue weighted by atomic mass is 9.76. The highest BCUT2D eigenvalue weighted by Gasteiger charge is 2.37. The number of rotatable bonds is 6. The van der Waals surface area contributed by atoms with Gasteiger partial charge in [0.05, 0.1) is 11.7 Å². The monoisotopic (exact) mass is 538 g/mol. The molecule has 0 unspecified atom stereocenters. The first-order valence-corrected chi connectivity index (χ1v) is 13.6. The van der Waals surface area contributed by atoms with Gasteiger partial charge in [0.25, 0.3) is 0 Å². The van der Waals surface area contributed by atoms with E-state index in [4.69, 9.17) is 32.9 Å². The molecule has 0 amide bonds. The summed E-state index contributed by atoms with van der Waals surface area (Å²) in [6, 6.07) is 28.7. The maximum Gasteiger partial charge on any atom is 0.128 e. The van der Waals surface area contributed by atoms with Gasteiger partial charge in [0, 0.05) is 33.4 Å². The molecule has 1 aliphatic heterocycles. The zero-order valence-corrected chi connectivity index (χ0v) is 22.6. The molecule has 1 aliphatic carbocycles. The highest BCUT2D eigenvalue weighted by molar-refractivity contribution is 6.31. The van der Waals surface area contributed by atoms with E-state index in [2.05, 4.69) is 66.9 Å². The summed E-state index contributed by atoms with van der Waals surface area (Å²) in [6.45, 7) is 2.57. The number of aryl methyl sites for hydroxylation is 1. The number of nitrogens with zero attached hydrogens (tertiary/aromatic N) is 1. The van der Waals surface area contributed by atoms with Gasteiger partial charge in [-0.15, -0.1) is 0 Å². The first-order valence-electron chi connectivity index (χ1n) is 12.9. The Hall–Kier alpha value is -3.53. The smallest absolute Gasteiger partial charge is 0.128 e. The molecule has 190 valence electrons. The molecule has 3 atom stereocenters. The van der Waals surface area contributed by atoms with Gasteiger partial charge < -0.3 is 10.1 Å². The van der Waals surface area contributed by atoms with Gasteiger partial charge >= 0.3 is 0 Å². The quantitative estimate of drug-likeness (QED) is 0.196. The molecule has 6 rings (SSSR count). The average molecular weight is 540 g/mol. The van der Waals surface area contributed by atoms with Gasteiger partial charge in [0.15, 0.2) is 0 Å². The summed E-state index contributed by atoms with van der Waals surface area (Å²) in [4.78, 5) is 4.73. The van der Waals surface area contributed by atoms with Crippen LogP contribution in [0.4, 0.5) is 11.4 Å². The number of hydrogen-bond acceptors (Lipinski definition) is 3. The summed E-state index contributed by atoms with van der Waals surface area (Å²) in [5.74, 6) is 1.70. The van der Waals surface area contributed by atoms with Crippen molar-refractivity contribution in [3.8, 4) is 5.75 Å². The fourth-order valence-electron chi connectivity index (χ4n) is 5.50. The van der Waals surface area contributed by atoms with Crippen LogP contribution in [0.2, 0.25) is 10.0 Å². The third kappa shape index (κ3) is 5.22. The van der Waals surface area contributed by atoms with E-state index in [1.54, 1.807) is 0 Å². The van der Waals surface area contributed by atoms with E-state index in [1.807, 2.05) is 48.7 Å². The lowest BCUT2D eigenvalue weighted by Crippen LogP contribution is -2.29. The molecule has 3 nitrogen and oxygen atoms in total. The summed E-state index contributed by atoms with van der Waals surface area (Å²) in [5.41, 5.74) is 7.94. The molecular weight excluding hydrogens is 511 g/mol. The van der Waals surface area contributed by atoms with E-state index >= 15 is 0 Å². The molecule has 0 bridgehead atoms. The van der Waals surface area contributed by atoms with Crippen LogP contribution in [0.5, 0.6) is 5.75 Å². The minimum atomic E-state index is 0.266. The summed E-state index contributed by atoms with van der Waals surface area (Å²) < 4.78 is 6.07. The minimum absolute atomic E-state index is 0.266. The Labute approximate surface area is 233 Å². The van der Waals surface area contributed by atoms with Crippen molar-refractivity contribution >= 4 is 40.8 Å². The van der Waals surface area contributed by atoms with Gasteiger partial charge in [0.2, 0.25) is 0 Å². The van der Waals surface area contributed by atoms with Crippen molar-refractivity contribution in [2.75, 3.05) is 5.32 Å².